The number of aromatic nitrogens is 6. The smallest absolute Gasteiger partial charge is 0.164 e. The Kier molecular flexibility index (Phi) is 10.1. The van der Waals surface area contributed by atoms with Gasteiger partial charge in [0, 0.05) is 33.4 Å². The average Bonchev–Trinajstić information content (AvgIpc) is 3.39. The Morgan fingerprint density at radius 1 is 0.188 bits per heavy atom. The van der Waals surface area contributed by atoms with E-state index in [1.807, 2.05) is 97.1 Å². The van der Waals surface area contributed by atoms with Crippen molar-refractivity contribution in [1.82, 2.24) is 29.9 Å². The molecule has 0 fully saturated rings. The van der Waals surface area contributed by atoms with Crippen molar-refractivity contribution in [2.24, 2.45) is 0 Å². The normalized spacial score (nSPS) is 11.1. The Balaban J connectivity index is 0.906. The first-order valence-corrected chi connectivity index (χ1v) is 21.3. The molecule has 0 bridgehead atoms. The highest BCUT2D eigenvalue weighted by Gasteiger charge is 2.15. The molecule has 0 aliphatic rings. The van der Waals surface area contributed by atoms with Gasteiger partial charge in [0.1, 0.15) is 0 Å². The summed E-state index contributed by atoms with van der Waals surface area (Å²) in [6.45, 7) is 0. The summed E-state index contributed by atoms with van der Waals surface area (Å²) in [5.74, 6) is 3.80. The number of nitrogens with zero attached hydrogens (tertiary/aromatic N) is 6. The van der Waals surface area contributed by atoms with E-state index in [-0.39, 0.29) is 0 Å². The van der Waals surface area contributed by atoms with Gasteiger partial charge >= 0.3 is 0 Å². The topological polar surface area (TPSA) is 77.3 Å². The fraction of sp³-hybridized carbons (Fsp3) is 0. The predicted molar refractivity (Wildman–Crippen MR) is 260 cm³/mol. The van der Waals surface area contributed by atoms with Crippen molar-refractivity contribution in [3.63, 3.8) is 0 Å². The molecular formula is C58H38N6. The van der Waals surface area contributed by atoms with Gasteiger partial charge in [-0.2, -0.15) is 0 Å². The Morgan fingerprint density at radius 2 is 0.469 bits per heavy atom. The summed E-state index contributed by atoms with van der Waals surface area (Å²) in [5.41, 5.74) is 12.4. The van der Waals surface area contributed by atoms with Crippen molar-refractivity contribution in [2.75, 3.05) is 0 Å². The highest BCUT2D eigenvalue weighted by atomic mass is 15.0. The van der Waals surface area contributed by atoms with Crippen molar-refractivity contribution in [1.29, 1.82) is 0 Å². The third kappa shape index (κ3) is 7.83. The van der Waals surface area contributed by atoms with Gasteiger partial charge in [0.2, 0.25) is 0 Å². The number of hydrogen-bond donors (Lipinski definition) is 0. The molecule has 11 aromatic rings. The van der Waals surface area contributed by atoms with Crippen LogP contribution in [0.4, 0.5) is 0 Å². The standard InChI is InChI=1S/C58H38N6/c1-5-14-39(15-6-1)40-24-31-47(32-25-40)56-62-55(46-20-11-4-12-21-46)63-57(64-56)48-33-26-41(27-34-48)50-37-30-42-22-13-23-51(52(42)38-50)43-28-35-49(36-29-43)58-60-53(44-16-7-2-8-17-44)59-54(61-58)45-18-9-3-10-19-45/h1-38H. The van der Waals surface area contributed by atoms with Gasteiger partial charge in [-0.1, -0.05) is 224 Å². The lowest BCUT2D eigenvalue weighted by molar-refractivity contribution is 1.07. The van der Waals surface area contributed by atoms with Gasteiger partial charge in [-0.15, -0.1) is 0 Å². The van der Waals surface area contributed by atoms with E-state index in [4.69, 9.17) is 29.9 Å². The zero-order chi connectivity index (χ0) is 42.7. The lowest BCUT2D eigenvalue weighted by Gasteiger charge is -2.12. The minimum absolute atomic E-state index is 0.622. The van der Waals surface area contributed by atoms with Gasteiger partial charge in [-0.05, 0) is 50.2 Å². The molecule has 0 unspecified atom stereocenters. The van der Waals surface area contributed by atoms with Gasteiger partial charge in [0.05, 0.1) is 0 Å². The lowest BCUT2D eigenvalue weighted by atomic mass is 9.94. The van der Waals surface area contributed by atoms with Crippen LogP contribution in [0.2, 0.25) is 0 Å². The van der Waals surface area contributed by atoms with Crippen LogP contribution in [0.15, 0.2) is 231 Å². The van der Waals surface area contributed by atoms with E-state index in [0.717, 1.165) is 61.2 Å². The Labute approximate surface area is 371 Å². The molecule has 6 nitrogen and oxygen atoms in total. The van der Waals surface area contributed by atoms with E-state index in [2.05, 4.69) is 133 Å². The van der Waals surface area contributed by atoms with E-state index in [1.54, 1.807) is 0 Å². The Bertz CT molecular complexity index is 3320. The molecule has 6 heteroatoms. The number of benzene rings is 9. The second kappa shape index (κ2) is 17.0. The summed E-state index contributed by atoms with van der Waals surface area (Å²) in [5, 5.41) is 2.34. The van der Waals surface area contributed by atoms with E-state index < -0.39 is 0 Å². The van der Waals surface area contributed by atoms with Gasteiger partial charge in [-0.3, -0.25) is 0 Å². The van der Waals surface area contributed by atoms with Gasteiger partial charge < -0.3 is 0 Å². The molecule has 300 valence electrons. The molecule has 0 radical (unpaired) electrons. The number of hydrogen-bond acceptors (Lipinski definition) is 6. The minimum atomic E-state index is 0.622. The molecule has 0 saturated carbocycles. The van der Waals surface area contributed by atoms with E-state index in [1.165, 1.54) is 16.3 Å². The molecule has 0 atom stereocenters. The van der Waals surface area contributed by atoms with Crippen LogP contribution in [0.5, 0.6) is 0 Å². The van der Waals surface area contributed by atoms with Crippen molar-refractivity contribution in [2.45, 2.75) is 0 Å². The van der Waals surface area contributed by atoms with Crippen LogP contribution in [0.25, 0.3) is 112 Å². The molecule has 2 aromatic heterocycles. The summed E-state index contributed by atoms with van der Waals surface area (Å²) in [7, 11) is 0. The SMILES string of the molecule is c1ccc(-c2ccc(-c3nc(-c4ccccc4)nc(-c4ccc(-c5ccc6cccc(-c7ccc(-c8nc(-c9ccccc9)nc(-c9ccccc9)n8)cc7)c6c5)cc4)n3)cc2)cc1. The summed E-state index contributed by atoms with van der Waals surface area (Å²) < 4.78 is 0. The summed E-state index contributed by atoms with van der Waals surface area (Å²) in [6, 6.07) is 79.1. The van der Waals surface area contributed by atoms with Crippen LogP contribution >= 0.6 is 0 Å². The maximum atomic E-state index is 5.02. The maximum Gasteiger partial charge on any atom is 0.164 e. The van der Waals surface area contributed by atoms with Crippen LogP contribution < -0.4 is 0 Å². The fourth-order valence-electron chi connectivity index (χ4n) is 8.05. The second-order valence-corrected chi connectivity index (χ2v) is 15.6. The van der Waals surface area contributed by atoms with Crippen LogP contribution in [0.3, 0.4) is 0 Å². The number of fused-ring (bicyclic) bond motifs is 1. The third-order valence-corrected chi connectivity index (χ3v) is 11.4. The molecule has 0 aliphatic carbocycles. The van der Waals surface area contributed by atoms with E-state index in [0.29, 0.717) is 34.9 Å². The minimum Gasteiger partial charge on any atom is -0.208 e. The first kappa shape index (κ1) is 38.2. The molecule has 11 rings (SSSR count). The van der Waals surface area contributed by atoms with Crippen LogP contribution in [0.1, 0.15) is 0 Å². The summed E-state index contributed by atoms with van der Waals surface area (Å²) in [6.07, 6.45) is 0. The lowest BCUT2D eigenvalue weighted by Crippen LogP contribution is -2.00. The predicted octanol–water partition coefficient (Wildman–Crippen LogP) is 14.2. The quantitative estimate of drug-likeness (QED) is 0.144. The molecule has 0 saturated heterocycles. The molecule has 0 N–H and O–H groups in total. The zero-order valence-electron chi connectivity index (χ0n) is 34.6. The van der Waals surface area contributed by atoms with E-state index in [9.17, 15) is 0 Å². The third-order valence-electron chi connectivity index (χ3n) is 11.4. The molecule has 9 aromatic carbocycles. The molecule has 0 spiro atoms. The first-order chi connectivity index (χ1) is 31.7. The monoisotopic (exact) mass is 818 g/mol. The number of rotatable bonds is 9. The fourth-order valence-corrected chi connectivity index (χ4v) is 8.05. The van der Waals surface area contributed by atoms with Crippen molar-refractivity contribution < 1.29 is 0 Å². The highest BCUT2D eigenvalue weighted by Crippen LogP contribution is 2.35. The maximum absolute atomic E-state index is 5.02. The Morgan fingerprint density at radius 3 is 0.859 bits per heavy atom. The largest absolute Gasteiger partial charge is 0.208 e. The van der Waals surface area contributed by atoms with E-state index >= 15 is 0 Å². The van der Waals surface area contributed by atoms with Crippen molar-refractivity contribution in [3.8, 4) is 102 Å². The van der Waals surface area contributed by atoms with Crippen molar-refractivity contribution in [3.05, 3.63) is 231 Å². The molecular weight excluding hydrogens is 781 g/mol. The zero-order valence-corrected chi connectivity index (χ0v) is 34.6. The molecule has 2 heterocycles. The second-order valence-electron chi connectivity index (χ2n) is 15.6. The van der Waals surface area contributed by atoms with Gasteiger partial charge in [0.15, 0.2) is 34.9 Å². The van der Waals surface area contributed by atoms with Gasteiger partial charge in [-0.25, -0.2) is 29.9 Å². The molecule has 64 heavy (non-hydrogen) atoms. The van der Waals surface area contributed by atoms with Crippen LogP contribution in [-0.2, 0) is 0 Å². The Hall–Kier alpha value is -8.74. The van der Waals surface area contributed by atoms with Crippen molar-refractivity contribution >= 4 is 10.8 Å². The molecule has 0 amide bonds. The summed E-state index contributed by atoms with van der Waals surface area (Å²) >= 11 is 0. The van der Waals surface area contributed by atoms with Crippen LogP contribution in [-0.4, -0.2) is 29.9 Å². The average molecular weight is 819 g/mol. The van der Waals surface area contributed by atoms with Crippen LogP contribution in [0, 0.1) is 0 Å². The first-order valence-electron chi connectivity index (χ1n) is 21.3. The summed E-state index contributed by atoms with van der Waals surface area (Å²) in [4.78, 5) is 29.7. The highest BCUT2D eigenvalue weighted by molar-refractivity contribution is 5.99. The molecule has 0 aliphatic heterocycles. The van der Waals surface area contributed by atoms with Gasteiger partial charge in [0.25, 0.3) is 0 Å².